The maximum Gasteiger partial charge on any atom is 0.389 e. The van der Waals surface area contributed by atoms with Crippen molar-refractivity contribution in [2.45, 2.75) is 25.9 Å². The van der Waals surface area contributed by atoms with Gasteiger partial charge in [0.15, 0.2) is 0 Å². The van der Waals surface area contributed by atoms with Crippen molar-refractivity contribution < 1.29 is 13.2 Å². The van der Waals surface area contributed by atoms with Gasteiger partial charge in [0.1, 0.15) is 0 Å². The van der Waals surface area contributed by atoms with Crippen molar-refractivity contribution in [3.8, 4) is 0 Å². The number of hydrogen-bond acceptors (Lipinski definition) is 1. The van der Waals surface area contributed by atoms with Gasteiger partial charge in [-0.2, -0.15) is 13.2 Å². The SMILES string of the molecule is C[C@H](CN)CCC(F)(F)F. The third-order valence-electron chi connectivity index (χ3n) is 1.32. The minimum atomic E-state index is -4.02. The van der Waals surface area contributed by atoms with Crippen LogP contribution in [-0.2, 0) is 0 Å². The van der Waals surface area contributed by atoms with Crippen LogP contribution in [0.15, 0.2) is 0 Å². The predicted molar refractivity (Wildman–Crippen MR) is 33.5 cm³/mol. The van der Waals surface area contributed by atoms with Crippen LogP contribution in [0.3, 0.4) is 0 Å². The van der Waals surface area contributed by atoms with Crippen LogP contribution in [0.4, 0.5) is 13.2 Å². The van der Waals surface area contributed by atoms with Gasteiger partial charge in [0, 0.05) is 6.42 Å². The summed E-state index contributed by atoms with van der Waals surface area (Å²) in [5.74, 6) is -0.0263. The first-order valence-corrected chi connectivity index (χ1v) is 3.22. The van der Waals surface area contributed by atoms with E-state index in [1.54, 1.807) is 6.92 Å². The highest BCUT2D eigenvalue weighted by Crippen LogP contribution is 2.23. The largest absolute Gasteiger partial charge is 0.389 e. The van der Waals surface area contributed by atoms with Gasteiger partial charge in [-0.05, 0) is 18.9 Å². The van der Waals surface area contributed by atoms with Crippen LogP contribution in [0.1, 0.15) is 19.8 Å². The molecule has 0 fully saturated rings. The number of nitrogens with two attached hydrogens (primary N) is 1. The summed E-state index contributed by atoms with van der Waals surface area (Å²) in [5.41, 5.74) is 5.13. The monoisotopic (exact) mass is 155 g/mol. The molecule has 0 aliphatic rings. The Hall–Kier alpha value is -0.250. The van der Waals surface area contributed by atoms with E-state index in [0.29, 0.717) is 6.54 Å². The van der Waals surface area contributed by atoms with Gasteiger partial charge in [0.25, 0.3) is 0 Å². The molecule has 62 valence electrons. The molecule has 0 saturated carbocycles. The minimum absolute atomic E-state index is 0.0263. The Morgan fingerprint density at radius 2 is 1.90 bits per heavy atom. The summed E-state index contributed by atoms with van der Waals surface area (Å²) in [6, 6.07) is 0. The lowest BCUT2D eigenvalue weighted by Crippen LogP contribution is -2.15. The molecule has 0 rings (SSSR count). The zero-order valence-electron chi connectivity index (χ0n) is 5.91. The van der Waals surface area contributed by atoms with Crippen molar-refractivity contribution in [3.05, 3.63) is 0 Å². The van der Waals surface area contributed by atoms with Crippen molar-refractivity contribution in [3.63, 3.8) is 0 Å². The molecule has 0 unspecified atom stereocenters. The Labute approximate surface area is 58.4 Å². The van der Waals surface area contributed by atoms with Gasteiger partial charge in [-0.3, -0.25) is 0 Å². The van der Waals surface area contributed by atoms with E-state index in [2.05, 4.69) is 0 Å². The number of rotatable bonds is 3. The lowest BCUT2D eigenvalue weighted by Gasteiger charge is -2.09. The van der Waals surface area contributed by atoms with E-state index in [0.717, 1.165) is 0 Å². The Kier molecular flexibility index (Phi) is 3.71. The zero-order valence-corrected chi connectivity index (χ0v) is 5.91. The quantitative estimate of drug-likeness (QED) is 0.662. The fourth-order valence-electron chi connectivity index (χ4n) is 0.528. The molecular formula is C6H12F3N. The summed E-state index contributed by atoms with van der Waals surface area (Å²) in [6.45, 7) is 2.04. The van der Waals surface area contributed by atoms with E-state index in [9.17, 15) is 13.2 Å². The first-order valence-electron chi connectivity index (χ1n) is 3.22. The third kappa shape index (κ3) is 5.88. The van der Waals surface area contributed by atoms with Crippen molar-refractivity contribution in [1.82, 2.24) is 0 Å². The van der Waals surface area contributed by atoms with Crippen LogP contribution in [0.2, 0.25) is 0 Å². The van der Waals surface area contributed by atoms with Crippen LogP contribution in [-0.4, -0.2) is 12.7 Å². The number of halogens is 3. The van der Waals surface area contributed by atoms with Gasteiger partial charge in [0.2, 0.25) is 0 Å². The molecule has 10 heavy (non-hydrogen) atoms. The molecule has 1 nitrogen and oxygen atoms in total. The van der Waals surface area contributed by atoms with Crippen LogP contribution >= 0.6 is 0 Å². The summed E-state index contributed by atoms with van der Waals surface area (Å²) in [4.78, 5) is 0. The van der Waals surface area contributed by atoms with Gasteiger partial charge in [-0.15, -0.1) is 0 Å². The van der Waals surface area contributed by atoms with E-state index in [1.165, 1.54) is 0 Å². The van der Waals surface area contributed by atoms with Crippen molar-refractivity contribution >= 4 is 0 Å². The van der Waals surface area contributed by atoms with Crippen LogP contribution < -0.4 is 5.73 Å². The molecule has 0 heterocycles. The lowest BCUT2D eigenvalue weighted by atomic mass is 10.1. The van der Waals surface area contributed by atoms with E-state index >= 15 is 0 Å². The average molecular weight is 155 g/mol. The fourth-order valence-corrected chi connectivity index (χ4v) is 0.528. The van der Waals surface area contributed by atoms with Crippen molar-refractivity contribution in [2.75, 3.05) is 6.54 Å². The average Bonchev–Trinajstić information content (AvgIpc) is 1.81. The Bertz CT molecular complexity index is 89.5. The Morgan fingerprint density at radius 1 is 1.40 bits per heavy atom. The van der Waals surface area contributed by atoms with E-state index < -0.39 is 12.6 Å². The molecule has 4 heteroatoms. The molecule has 0 aliphatic heterocycles. The molecule has 0 bridgehead atoms. The standard InChI is InChI=1S/C6H12F3N/c1-5(4-10)2-3-6(7,8)9/h5H,2-4,10H2,1H3/t5-/m0/s1. The minimum Gasteiger partial charge on any atom is -0.330 e. The summed E-state index contributed by atoms with van der Waals surface area (Å²) >= 11 is 0. The zero-order chi connectivity index (χ0) is 8.20. The van der Waals surface area contributed by atoms with E-state index in [4.69, 9.17) is 5.73 Å². The van der Waals surface area contributed by atoms with Crippen LogP contribution in [0.5, 0.6) is 0 Å². The first kappa shape index (κ1) is 9.75. The van der Waals surface area contributed by atoms with Gasteiger partial charge < -0.3 is 5.73 Å². The second kappa shape index (κ2) is 3.81. The molecule has 0 aromatic heterocycles. The third-order valence-corrected chi connectivity index (χ3v) is 1.32. The molecule has 0 amide bonds. The highest BCUT2D eigenvalue weighted by atomic mass is 19.4. The van der Waals surface area contributed by atoms with Crippen LogP contribution in [0.25, 0.3) is 0 Å². The Morgan fingerprint density at radius 3 is 2.20 bits per heavy atom. The highest BCUT2D eigenvalue weighted by molar-refractivity contribution is 4.57. The lowest BCUT2D eigenvalue weighted by molar-refractivity contribution is -0.137. The second-order valence-corrected chi connectivity index (χ2v) is 2.49. The summed E-state index contributed by atoms with van der Waals surface area (Å²) < 4.78 is 34.5. The molecular weight excluding hydrogens is 143 g/mol. The van der Waals surface area contributed by atoms with E-state index in [-0.39, 0.29) is 12.3 Å². The molecule has 1 atom stereocenters. The summed E-state index contributed by atoms with van der Waals surface area (Å²) in [6.07, 6.45) is -4.60. The second-order valence-electron chi connectivity index (χ2n) is 2.49. The fraction of sp³-hybridized carbons (Fsp3) is 1.00. The molecule has 0 aromatic carbocycles. The molecule has 0 aromatic rings. The van der Waals surface area contributed by atoms with Crippen LogP contribution in [0, 0.1) is 5.92 Å². The van der Waals surface area contributed by atoms with Gasteiger partial charge in [0.05, 0.1) is 0 Å². The topological polar surface area (TPSA) is 26.0 Å². The number of hydrogen-bond donors (Lipinski definition) is 1. The smallest absolute Gasteiger partial charge is 0.330 e. The van der Waals surface area contributed by atoms with Gasteiger partial charge in [-0.25, -0.2) is 0 Å². The van der Waals surface area contributed by atoms with Crippen molar-refractivity contribution in [2.24, 2.45) is 11.7 Å². The molecule has 0 spiro atoms. The highest BCUT2D eigenvalue weighted by Gasteiger charge is 2.26. The normalized spacial score (nSPS) is 15.3. The van der Waals surface area contributed by atoms with Crippen molar-refractivity contribution in [1.29, 1.82) is 0 Å². The molecule has 2 N–H and O–H groups in total. The molecule has 0 radical (unpaired) electrons. The van der Waals surface area contributed by atoms with E-state index in [1.807, 2.05) is 0 Å². The molecule has 0 saturated heterocycles. The Balaban J connectivity index is 3.36. The molecule has 0 aliphatic carbocycles. The van der Waals surface area contributed by atoms with Gasteiger partial charge in [-0.1, -0.05) is 6.92 Å². The predicted octanol–water partition coefficient (Wildman–Crippen LogP) is 1.92. The summed E-state index contributed by atoms with van der Waals surface area (Å²) in [5, 5.41) is 0. The first-order chi connectivity index (χ1) is 4.45. The summed E-state index contributed by atoms with van der Waals surface area (Å²) in [7, 11) is 0. The maximum atomic E-state index is 11.5. The maximum absolute atomic E-state index is 11.5. The number of alkyl halides is 3. The van der Waals surface area contributed by atoms with Gasteiger partial charge >= 0.3 is 6.18 Å².